The first kappa shape index (κ1) is 24.9. The summed E-state index contributed by atoms with van der Waals surface area (Å²) in [6, 6.07) is 12.0. The summed E-state index contributed by atoms with van der Waals surface area (Å²) in [5.41, 5.74) is 10.4. The van der Waals surface area contributed by atoms with Crippen LogP contribution in [0.2, 0.25) is 0 Å². The summed E-state index contributed by atoms with van der Waals surface area (Å²) in [7, 11) is 2.05. The lowest BCUT2D eigenvalue weighted by atomic mass is 10.2. The Morgan fingerprint density at radius 3 is 2.55 bits per heavy atom. The Hall–Kier alpha value is -2.39. The molecule has 4 rings (SSSR count). The van der Waals surface area contributed by atoms with Gasteiger partial charge in [0.2, 0.25) is 5.96 Å². The van der Waals surface area contributed by atoms with Gasteiger partial charge in [-0.1, -0.05) is 0 Å². The number of likely N-dealkylation sites (tertiary alicyclic amines) is 1. The number of rotatable bonds is 5. The fraction of sp³-hybridized carbons (Fsp3) is 0.318. The number of halogens is 2. The molecule has 1 saturated heterocycles. The van der Waals surface area contributed by atoms with E-state index in [0.29, 0.717) is 12.6 Å². The van der Waals surface area contributed by atoms with Crippen LogP contribution in [-0.2, 0) is 13.7 Å². The molecule has 0 bridgehead atoms. The summed E-state index contributed by atoms with van der Waals surface area (Å²) in [4.78, 5) is 2.06. The van der Waals surface area contributed by atoms with Crippen molar-refractivity contribution < 1.29 is 26.1 Å². The second-order valence-corrected chi connectivity index (χ2v) is 7.41. The highest BCUT2D eigenvalue weighted by Gasteiger charge is 2.15. The highest BCUT2D eigenvalue weighted by Crippen LogP contribution is 2.14. The van der Waals surface area contributed by atoms with Gasteiger partial charge in [0, 0.05) is 19.2 Å². The molecule has 1 fully saturated rings. The third kappa shape index (κ3) is 6.07. The predicted octanol–water partition coefficient (Wildman–Crippen LogP) is -0.0225. The molecule has 0 unspecified atom stereocenters. The van der Waals surface area contributed by atoms with Crippen molar-refractivity contribution in [3.63, 3.8) is 0 Å². The molecule has 2 aromatic heterocycles. The minimum Gasteiger partial charge on any atom is -1.00 e. The van der Waals surface area contributed by atoms with Crippen molar-refractivity contribution in [2.45, 2.75) is 26.4 Å². The molecular formula is C22H28Br2N6O. The number of nitrogens with two attached hydrogens (primary N) is 1. The van der Waals surface area contributed by atoms with Crippen LogP contribution in [0, 0.1) is 6.92 Å². The molecule has 3 heterocycles. The average molecular weight is 552 g/mol. The zero-order chi connectivity index (χ0) is 20.2. The van der Waals surface area contributed by atoms with Gasteiger partial charge in [-0.05, 0) is 61.2 Å². The first-order chi connectivity index (χ1) is 14.1. The van der Waals surface area contributed by atoms with E-state index in [-0.39, 0.29) is 34.0 Å². The maximum atomic E-state index is 5.96. The van der Waals surface area contributed by atoms with E-state index in [1.54, 1.807) is 6.21 Å². The summed E-state index contributed by atoms with van der Waals surface area (Å²) >= 11 is 0. The van der Waals surface area contributed by atoms with Crippen LogP contribution in [0.4, 0.5) is 0 Å². The Balaban J connectivity index is 0.00000171. The number of hydrogen-bond acceptors (Lipinski definition) is 3. The van der Waals surface area contributed by atoms with Gasteiger partial charge >= 0.3 is 0 Å². The van der Waals surface area contributed by atoms with Gasteiger partial charge in [-0.3, -0.25) is 0 Å². The molecule has 7 nitrogen and oxygen atoms in total. The van der Waals surface area contributed by atoms with Crippen molar-refractivity contribution in [1.29, 1.82) is 0 Å². The molecule has 1 aliphatic rings. The first-order valence-electron chi connectivity index (χ1n) is 9.91. The van der Waals surface area contributed by atoms with Crippen molar-refractivity contribution in [3.8, 4) is 5.75 Å². The minimum absolute atomic E-state index is 0. The molecule has 31 heavy (non-hydrogen) atoms. The molecule has 0 spiro atoms. The molecule has 3 aromatic rings. The fourth-order valence-electron chi connectivity index (χ4n) is 3.51. The van der Waals surface area contributed by atoms with E-state index in [1.807, 2.05) is 24.3 Å². The zero-order valence-corrected chi connectivity index (χ0v) is 21.0. The number of pyridine rings is 1. The van der Waals surface area contributed by atoms with Crippen molar-refractivity contribution in [3.05, 3.63) is 65.6 Å². The van der Waals surface area contributed by atoms with Crippen LogP contribution in [-0.4, -0.2) is 34.7 Å². The highest BCUT2D eigenvalue weighted by atomic mass is 79.9. The number of fused-ring (bicyclic) bond motifs is 1. The summed E-state index contributed by atoms with van der Waals surface area (Å²) in [5.74, 6) is 1.30. The topological polar surface area (TPSA) is 72.2 Å². The van der Waals surface area contributed by atoms with Gasteiger partial charge in [0.25, 0.3) is 5.65 Å². The Morgan fingerprint density at radius 2 is 1.84 bits per heavy atom. The summed E-state index contributed by atoms with van der Waals surface area (Å²) < 4.78 is 10.2. The van der Waals surface area contributed by atoms with Crippen LogP contribution in [0.15, 0.2) is 59.0 Å². The monoisotopic (exact) mass is 550 g/mol. The van der Waals surface area contributed by atoms with Crippen LogP contribution in [0.1, 0.15) is 29.7 Å². The van der Waals surface area contributed by atoms with Crippen LogP contribution in [0.3, 0.4) is 0 Å². The Morgan fingerprint density at radius 1 is 1.13 bits per heavy atom. The SMILES string of the molecule is Br.Cc1ccc2n(C)c(COc3ccc(/C=N/N=C(\N)N4CCCC4)cc3)c[n+]2c1.[Br-]. The zero-order valence-electron chi connectivity index (χ0n) is 17.7. The summed E-state index contributed by atoms with van der Waals surface area (Å²) in [5, 5.41) is 8.19. The van der Waals surface area contributed by atoms with Crippen LogP contribution < -0.4 is 31.9 Å². The number of guanidine groups is 1. The van der Waals surface area contributed by atoms with Gasteiger partial charge in [0.15, 0.2) is 12.3 Å². The number of ether oxygens (including phenoxy) is 1. The molecule has 0 radical (unpaired) electrons. The maximum absolute atomic E-state index is 5.96. The van der Waals surface area contributed by atoms with Crippen molar-refractivity contribution in [2.75, 3.05) is 13.1 Å². The Bertz CT molecular complexity index is 1060. The van der Waals surface area contributed by atoms with Crippen LogP contribution >= 0.6 is 17.0 Å². The largest absolute Gasteiger partial charge is 1.00 e. The van der Waals surface area contributed by atoms with E-state index >= 15 is 0 Å². The van der Waals surface area contributed by atoms with Gasteiger partial charge < -0.3 is 32.4 Å². The van der Waals surface area contributed by atoms with Gasteiger partial charge in [0.1, 0.15) is 11.9 Å². The lowest BCUT2D eigenvalue weighted by Gasteiger charge is -2.13. The number of hydrogen-bond donors (Lipinski definition) is 1. The normalized spacial score (nSPS) is 14.0. The number of benzene rings is 1. The smallest absolute Gasteiger partial charge is 0.286 e. The number of imidazole rings is 1. The Labute approximate surface area is 203 Å². The molecule has 9 heteroatoms. The number of aryl methyl sites for hydroxylation is 2. The molecule has 0 saturated carbocycles. The highest BCUT2D eigenvalue weighted by molar-refractivity contribution is 8.93. The number of aromatic nitrogens is 2. The molecule has 166 valence electrons. The maximum Gasteiger partial charge on any atom is 0.286 e. The first-order valence-corrected chi connectivity index (χ1v) is 9.91. The lowest BCUT2D eigenvalue weighted by molar-refractivity contribution is -0.511. The van der Waals surface area contributed by atoms with Gasteiger partial charge in [-0.2, -0.15) is 5.10 Å². The second kappa shape index (κ2) is 11.3. The van der Waals surface area contributed by atoms with E-state index in [2.05, 4.69) is 62.6 Å². The summed E-state index contributed by atoms with van der Waals surface area (Å²) in [6.07, 6.45) is 8.25. The van der Waals surface area contributed by atoms with Crippen LogP contribution in [0.25, 0.3) is 5.65 Å². The second-order valence-electron chi connectivity index (χ2n) is 7.41. The van der Waals surface area contributed by atoms with Crippen molar-refractivity contribution in [1.82, 2.24) is 9.47 Å². The third-order valence-corrected chi connectivity index (χ3v) is 5.23. The van der Waals surface area contributed by atoms with Gasteiger partial charge in [-0.15, -0.1) is 22.1 Å². The van der Waals surface area contributed by atoms with Gasteiger partial charge in [0.05, 0.1) is 19.5 Å². The van der Waals surface area contributed by atoms with Crippen molar-refractivity contribution >= 4 is 34.8 Å². The van der Waals surface area contributed by atoms with E-state index in [9.17, 15) is 0 Å². The lowest BCUT2D eigenvalue weighted by Crippen LogP contribution is -3.00. The van der Waals surface area contributed by atoms with Crippen molar-refractivity contribution in [2.24, 2.45) is 23.0 Å². The standard InChI is InChI=1S/C22H27N6O.2BrH/c1-17-5-10-21-26(2)19(15-28(21)14-17)16-29-20-8-6-18(7-9-20)13-24-25-22(23)27-11-3-4-12-27;;/h5-10,13-15H,3-4,11-12,16H2,1-2H3,(H2,23,25);2*1H/q+1;;/p-1/b24-13+;;. The molecule has 0 atom stereocenters. The quantitative estimate of drug-likeness (QED) is 0.210. The molecule has 0 amide bonds. The molecule has 0 aliphatic carbocycles. The van der Waals surface area contributed by atoms with Gasteiger partial charge in [-0.25, -0.2) is 8.97 Å². The predicted molar refractivity (Wildman–Crippen MR) is 124 cm³/mol. The molecular weight excluding hydrogens is 524 g/mol. The summed E-state index contributed by atoms with van der Waals surface area (Å²) in [6.45, 7) is 4.52. The molecule has 1 aliphatic heterocycles. The third-order valence-electron chi connectivity index (χ3n) is 5.23. The average Bonchev–Trinajstić information content (AvgIpc) is 3.36. The number of nitrogens with zero attached hydrogens (tertiary/aromatic N) is 5. The van der Waals surface area contributed by atoms with E-state index in [0.717, 1.165) is 35.7 Å². The minimum atomic E-state index is 0. The van der Waals surface area contributed by atoms with Crippen LogP contribution in [0.5, 0.6) is 5.75 Å². The van der Waals surface area contributed by atoms with E-state index < -0.39 is 0 Å². The molecule has 1 aromatic carbocycles. The Kier molecular flexibility index (Phi) is 9.06. The fourth-order valence-corrected chi connectivity index (χ4v) is 3.51. The van der Waals surface area contributed by atoms with E-state index in [1.165, 1.54) is 18.4 Å². The van der Waals surface area contributed by atoms with E-state index in [4.69, 9.17) is 10.5 Å². The molecule has 2 N–H and O–H groups in total.